The number of ketones is 2. The van der Waals surface area contributed by atoms with Gasteiger partial charge in [-0.25, -0.2) is 0 Å². The number of amides is 1. The first-order valence-electron chi connectivity index (χ1n) is 11.8. The molecule has 192 valence electrons. The Balaban J connectivity index is 1.87. The summed E-state index contributed by atoms with van der Waals surface area (Å²) in [6.07, 6.45) is 0.545. The van der Waals surface area contributed by atoms with E-state index in [1.165, 1.54) is 0 Å². The Morgan fingerprint density at radius 2 is 1.29 bits per heavy atom. The van der Waals surface area contributed by atoms with Gasteiger partial charge in [-0.3, -0.25) is 38.7 Å². The summed E-state index contributed by atoms with van der Waals surface area (Å²) >= 11 is 0. The molecule has 0 bridgehead atoms. The quantitative estimate of drug-likeness (QED) is 0.364. The van der Waals surface area contributed by atoms with E-state index in [4.69, 9.17) is 10.2 Å². The van der Waals surface area contributed by atoms with Crippen molar-refractivity contribution < 1.29 is 34.2 Å². The minimum absolute atomic E-state index is 0.0381. The highest BCUT2D eigenvalue weighted by atomic mass is 16.4. The number of carboxylic acid groups (broad SMARTS) is 2. The van der Waals surface area contributed by atoms with Gasteiger partial charge in [0.2, 0.25) is 5.91 Å². The molecule has 2 aliphatic rings. The zero-order chi connectivity index (χ0) is 25.5. The van der Waals surface area contributed by atoms with Gasteiger partial charge < -0.3 is 15.5 Å². The van der Waals surface area contributed by atoms with Crippen molar-refractivity contribution >= 4 is 29.4 Å². The summed E-state index contributed by atoms with van der Waals surface area (Å²) in [7, 11) is 0. The normalized spacial score (nSPS) is 23.9. The van der Waals surface area contributed by atoms with Gasteiger partial charge in [-0.05, 0) is 11.8 Å². The lowest BCUT2D eigenvalue weighted by Gasteiger charge is -2.25. The second kappa shape index (κ2) is 12.4. The number of hydrogen-bond acceptors (Lipinski definition) is 8. The summed E-state index contributed by atoms with van der Waals surface area (Å²) in [5.41, 5.74) is -0.266. The maximum atomic E-state index is 12.6. The summed E-state index contributed by atoms with van der Waals surface area (Å²) in [4.78, 5) is 65.1. The molecule has 11 nitrogen and oxygen atoms in total. The number of aliphatic carboxylic acids is 2. The van der Waals surface area contributed by atoms with E-state index in [0.29, 0.717) is 39.3 Å². The first kappa shape index (κ1) is 27.9. The fourth-order valence-corrected chi connectivity index (χ4v) is 4.54. The molecule has 0 aromatic rings. The maximum absolute atomic E-state index is 12.6. The number of nitrogens with one attached hydrogen (secondary N) is 1. The SMILES string of the molecule is CC(C)(C)C1CC(=O)C(CCNC(=O)CN2CCN(CC(=O)O)CCN(CC(=O)O)CC2)C1=O. The molecule has 1 saturated carbocycles. The van der Waals surface area contributed by atoms with E-state index >= 15 is 0 Å². The summed E-state index contributed by atoms with van der Waals surface area (Å²) in [6, 6.07) is 0. The van der Waals surface area contributed by atoms with Crippen molar-refractivity contribution in [3.63, 3.8) is 0 Å². The molecule has 2 fully saturated rings. The number of hydrogen-bond donors (Lipinski definition) is 3. The first-order chi connectivity index (χ1) is 15.9. The van der Waals surface area contributed by atoms with Crippen LogP contribution in [-0.2, 0) is 24.0 Å². The van der Waals surface area contributed by atoms with Crippen LogP contribution in [0.15, 0.2) is 0 Å². The van der Waals surface area contributed by atoms with Crippen LogP contribution >= 0.6 is 0 Å². The highest BCUT2D eigenvalue weighted by molar-refractivity contribution is 6.10. The molecule has 0 aromatic heterocycles. The third-order valence-electron chi connectivity index (χ3n) is 6.56. The lowest BCUT2D eigenvalue weighted by Crippen LogP contribution is -2.43. The number of carboxylic acids is 2. The van der Waals surface area contributed by atoms with Crippen molar-refractivity contribution in [3.8, 4) is 0 Å². The third kappa shape index (κ3) is 8.77. The number of carbonyl (C=O) groups is 5. The molecule has 0 aromatic carbocycles. The molecule has 11 heteroatoms. The van der Waals surface area contributed by atoms with Crippen molar-refractivity contribution in [2.75, 3.05) is 65.4 Å². The van der Waals surface area contributed by atoms with Crippen molar-refractivity contribution in [2.45, 2.75) is 33.6 Å². The predicted molar refractivity (Wildman–Crippen MR) is 123 cm³/mol. The summed E-state index contributed by atoms with van der Waals surface area (Å²) in [5, 5.41) is 21.1. The highest BCUT2D eigenvalue weighted by Gasteiger charge is 2.45. The fraction of sp³-hybridized carbons (Fsp3) is 0.783. The molecule has 3 N–H and O–H groups in total. The van der Waals surface area contributed by atoms with Crippen molar-refractivity contribution in [1.82, 2.24) is 20.0 Å². The molecule has 1 saturated heterocycles. The molecule has 2 unspecified atom stereocenters. The van der Waals surface area contributed by atoms with Gasteiger partial charge in [0.25, 0.3) is 0 Å². The Morgan fingerprint density at radius 3 is 1.68 bits per heavy atom. The zero-order valence-corrected chi connectivity index (χ0v) is 20.4. The van der Waals surface area contributed by atoms with Crippen molar-refractivity contribution in [2.24, 2.45) is 17.3 Å². The minimum atomic E-state index is -0.960. The largest absolute Gasteiger partial charge is 0.480 e. The molecular weight excluding hydrogens is 444 g/mol. The van der Waals surface area contributed by atoms with E-state index < -0.39 is 17.9 Å². The monoisotopic (exact) mass is 482 g/mol. The van der Waals surface area contributed by atoms with Crippen LogP contribution in [0.25, 0.3) is 0 Å². The molecule has 0 radical (unpaired) electrons. The van der Waals surface area contributed by atoms with Crippen molar-refractivity contribution in [3.05, 3.63) is 0 Å². The first-order valence-corrected chi connectivity index (χ1v) is 11.8. The molecule has 1 aliphatic heterocycles. The summed E-state index contributed by atoms with van der Waals surface area (Å²) < 4.78 is 0. The van der Waals surface area contributed by atoms with Gasteiger partial charge in [-0.2, -0.15) is 0 Å². The van der Waals surface area contributed by atoms with Gasteiger partial charge in [0.15, 0.2) is 0 Å². The summed E-state index contributed by atoms with van der Waals surface area (Å²) in [6.45, 7) is 8.52. The molecule has 0 spiro atoms. The Kier molecular flexibility index (Phi) is 10.1. The van der Waals surface area contributed by atoms with Crippen molar-refractivity contribution in [1.29, 1.82) is 0 Å². The van der Waals surface area contributed by atoms with Gasteiger partial charge in [0.05, 0.1) is 25.6 Å². The van der Waals surface area contributed by atoms with E-state index in [-0.39, 0.29) is 67.8 Å². The molecule has 34 heavy (non-hydrogen) atoms. The van der Waals surface area contributed by atoms with Crippen LogP contribution in [0.5, 0.6) is 0 Å². The van der Waals surface area contributed by atoms with Crippen LogP contribution in [-0.4, -0.2) is 120 Å². The van der Waals surface area contributed by atoms with Crippen LogP contribution in [0.2, 0.25) is 0 Å². The molecule has 2 atom stereocenters. The molecule has 2 rings (SSSR count). The number of Topliss-reactive ketones (excluding diaryl/α,β-unsaturated/α-hetero) is 2. The topological polar surface area (TPSA) is 148 Å². The lowest BCUT2D eigenvalue weighted by molar-refractivity contribution is -0.140. The van der Waals surface area contributed by atoms with Gasteiger partial charge in [-0.15, -0.1) is 0 Å². The fourth-order valence-electron chi connectivity index (χ4n) is 4.54. The van der Waals surface area contributed by atoms with Crippen LogP contribution in [0.4, 0.5) is 0 Å². The van der Waals surface area contributed by atoms with Gasteiger partial charge in [0.1, 0.15) is 11.6 Å². The van der Waals surface area contributed by atoms with Crippen LogP contribution in [0, 0.1) is 17.3 Å². The smallest absolute Gasteiger partial charge is 0.317 e. The van der Waals surface area contributed by atoms with Gasteiger partial charge >= 0.3 is 11.9 Å². The zero-order valence-electron chi connectivity index (χ0n) is 20.4. The highest BCUT2D eigenvalue weighted by Crippen LogP contribution is 2.38. The second-order valence-corrected chi connectivity index (χ2v) is 10.3. The Labute approximate surface area is 200 Å². The molecular formula is C23H38N4O7. The van der Waals surface area contributed by atoms with E-state index in [9.17, 15) is 24.0 Å². The predicted octanol–water partition coefficient (Wildman–Crippen LogP) is -0.598. The molecule has 1 heterocycles. The van der Waals surface area contributed by atoms with E-state index in [1.807, 2.05) is 25.7 Å². The van der Waals surface area contributed by atoms with E-state index in [0.717, 1.165) is 0 Å². The Bertz CT molecular complexity index is 752. The number of rotatable bonds is 9. The third-order valence-corrected chi connectivity index (χ3v) is 6.56. The average molecular weight is 483 g/mol. The Morgan fingerprint density at radius 1 is 0.853 bits per heavy atom. The lowest BCUT2D eigenvalue weighted by atomic mass is 9.78. The van der Waals surface area contributed by atoms with Crippen LogP contribution < -0.4 is 5.32 Å². The van der Waals surface area contributed by atoms with Gasteiger partial charge in [0, 0.05) is 58.2 Å². The minimum Gasteiger partial charge on any atom is -0.480 e. The standard InChI is InChI=1S/C23H38N4O7/c1-23(2,3)17-12-18(28)16(22(17)34)4-5-24-19(29)13-25-6-8-26(14-20(30)31)10-11-27(9-7-25)15-21(32)33/h16-17H,4-15H2,1-3H3,(H,24,29)(H,30,31)(H,32,33). The van der Waals surface area contributed by atoms with Gasteiger partial charge in [-0.1, -0.05) is 20.8 Å². The van der Waals surface area contributed by atoms with E-state index in [1.54, 1.807) is 9.80 Å². The molecule has 1 aliphatic carbocycles. The second-order valence-electron chi connectivity index (χ2n) is 10.3. The molecule has 1 amide bonds. The summed E-state index contributed by atoms with van der Waals surface area (Å²) in [5.74, 6) is -3.22. The van der Waals surface area contributed by atoms with Crippen LogP contribution in [0.1, 0.15) is 33.6 Å². The number of nitrogens with zero attached hydrogens (tertiary/aromatic N) is 3. The Hall–Kier alpha value is -2.37. The number of carbonyl (C=O) groups excluding carboxylic acids is 3. The maximum Gasteiger partial charge on any atom is 0.317 e. The average Bonchev–Trinajstić information content (AvgIpc) is 3.04. The van der Waals surface area contributed by atoms with E-state index in [2.05, 4.69) is 5.32 Å². The van der Waals surface area contributed by atoms with Crippen LogP contribution in [0.3, 0.4) is 0 Å².